The summed E-state index contributed by atoms with van der Waals surface area (Å²) in [6.45, 7) is 1.47. The highest BCUT2D eigenvalue weighted by Crippen LogP contribution is 2.24. The molecule has 2 heterocycles. The molecule has 8 nitrogen and oxygen atoms in total. The van der Waals surface area contributed by atoms with Crippen molar-refractivity contribution in [3.05, 3.63) is 63.6 Å². The van der Waals surface area contributed by atoms with Crippen molar-refractivity contribution in [2.24, 2.45) is 0 Å². The van der Waals surface area contributed by atoms with Crippen LogP contribution in [0, 0.1) is 0 Å². The van der Waals surface area contributed by atoms with E-state index in [0.717, 1.165) is 18.4 Å². The first-order chi connectivity index (χ1) is 15.3. The molecular weight excluding hydrogens is 454 g/mol. The van der Waals surface area contributed by atoms with E-state index >= 15 is 0 Å². The lowest BCUT2D eigenvalue weighted by molar-refractivity contribution is -0.130. The Morgan fingerprint density at radius 2 is 1.88 bits per heavy atom. The molecule has 0 atom stereocenters. The lowest BCUT2D eigenvalue weighted by atomic mass is 10.2. The van der Waals surface area contributed by atoms with Gasteiger partial charge in [-0.15, -0.1) is 0 Å². The van der Waals surface area contributed by atoms with E-state index < -0.39 is 15.8 Å². The van der Waals surface area contributed by atoms with Crippen molar-refractivity contribution in [3.8, 4) is 0 Å². The Labute approximate surface area is 191 Å². The molecule has 2 aromatic carbocycles. The van der Waals surface area contributed by atoms with Gasteiger partial charge in [0.2, 0.25) is 15.9 Å². The number of oxazole rings is 1. The Morgan fingerprint density at radius 1 is 1.16 bits per heavy atom. The number of rotatable bonds is 7. The number of aromatic nitrogens is 1. The molecule has 1 saturated heterocycles. The van der Waals surface area contributed by atoms with Crippen LogP contribution in [0.3, 0.4) is 0 Å². The predicted octanol–water partition coefficient (Wildman–Crippen LogP) is 3.08. The van der Waals surface area contributed by atoms with E-state index in [9.17, 15) is 18.0 Å². The molecule has 1 aliphatic rings. The van der Waals surface area contributed by atoms with Gasteiger partial charge in [-0.1, -0.05) is 29.8 Å². The molecule has 0 spiro atoms. The van der Waals surface area contributed by atoms with Crippen molar-refractivity contribution < 1.29 is 17.6 Å². The molecule has 1 fully saturated rings. The van der Waals surface area contributed by atoms with Gasteiger partial charge in [-0.2, -0.15) is 4.31 Å². The number of hydrogen-bond acceptors (Lipinski definition) is 5. The molecule has 10 heteroatoms. The second kappa shape index (κ2) is 9.09. The van der Waals surface area contributed by atoms with Crippen molar-refractivity contribution in [1.82, 2.24) is 13.8 Å². The van der Waals surface area contributed by atoms with Gasteiger partial charge in [0.15, 0.2) is 5.58 Å². The molecule has 0 aliphatic carbocycles. The van der Waals surface area contributed by atoms with Gasteiger partial charge in [-0.25, -0.2) is 13.2 Å². The van der Waals surface area contributed by atoms with Gasteiger partial charge < -0.3 is 9.32 Å². The molecule has 3 aromatic rings. The van der Waals surface area contributed by atoms with Crippen LogP contribution in [0.1, 0.15) is 24.8 Å². The maximum Gasteiger partial charge on any atom is 0.419 e. The molecular formula is C22H24ClN3O5S. The number of halogens is 1. The molecule has 170 valence electrons. The number of carbonyl (C=O) groups is 1. The van der Waals surface area contributed by atoms with Crippen LogP contribution in [0.15, 0.2) is 56.6 Å². The smallest absolute Gasteiger partial charge is 0.408 e. The Balaban J connectivity index is 1.49. The summed E-state index contributed by atoms with van der Waals surface area (Å²) in [4.78, 5) is 26.6. The number of amides is 1. The summed E-state index contributed by atoms with van der Waals surface area (Å²) in [7, 11) is -1.94. The van der Waals surface area contributed by atoms with Crippen LogP contribution in [-0.2, 0) is 27.9 Å². The highest BCUT2D eigenvalue weighted by Gasteiger charge is 2.28. The normalized spacial score (nSPS) is 14.8. The zero-order valence-corrected chi connectivity index (χ0v) is 19.2. The Morgan fingerprint density at radius 3 is 2.59 bits per heavy atom. The second-order valence-corrected chi connectivity index (χ2v) is 10.2. The van der Waals surface area contributed by atoms with E-state index in [1.165, 1.54) is 21.0 Å². The number of carbonyl (C=O) groups excluding carboxylic acids is 1. The summed E-state index contributed by atoms with van der Waals surface area (Å²) in [6, 6.07) is 11.7. The van der Waals surface area contributed by atoms with Gasteiger partial charge >= 0.3 is 5.76 Å². The van der Waals surface area contributed by atoms with Gasteiger partial charge in [-0.05, 0) is 36.6 Å². The van der Waals surface area contributed by atoms with Gasteiger partial charge in [0.1, 0.15) is 0 Å². The number of hydrogen-bond donors (Lipinski definition) is 0. The molecule has 1 amide bonds. The third kappa shape index (κ3) is 4.46. The second-order valence-electron chi connectivity index (χ2n) is 7.85. The van der Waals surface area contributed by atoms with Crippen LogP contribution in [0.4, 0.5) is 0 Å². The minimum absolute atomic E-state index is 0.0866. The number of aryl methyl sites for hydroxylation is 1. The first-order valence-electron chi connectivity index (χ1n) is 10.4. The SMILES string of the molecule is CN(Cc1ccccc1Cl)C(=O)CCn1c(=O)oc2cc(S(=O)(=O)N3CCCC3)ccc21. The molecule has 0 unspecified atom stereocenters. The van der Waals surface area contributed by atoms with Crippen molar-refractivity contribution in [1.29, 1.82) is 0 Å². The van der Waals surface area contributed by atoms with Gasteiger partial charge in [-0.3, -0.25) is 9.36 Å². The maximum atomic E-state index is 12.8. The quantitative estimate of drug-likeness (QED) is 0.521. The fraction of sp³-hybridized carbons (Fsp3) is 0.364. The van der Waals surface area contributed by atoms with Crippen molar-refractivity contribution in [3.63, 3.8) is 0 Å². The number of nitrogens with zero attached hydrogens (tertiary/aromatic N) is 3. The Kier molecular flexibility index (Phi) is 6.41. The van der Waals surface area contributed by atoms with Crippen LogP contribution in [0.25, 0.3) is 11.1 Å². The predicted molar refractivity (Wildman–Crippen MR) is 121 cm³/mol. The van der Waals surface area contributed by atoms with Gasteiger partial charge in [0.05, 0.1) is 10.4 Å². The summed E-state index contributed by atoms with van der Waals surface area (Å²) < 4.78 is 33.6. The topological polar surface area (TPSA) is 92.8 Å². The Hall–Kier alpha value is -2.62. The van der Waals surface area contributed by atoms with E-state index in [0.29, 0.717) is 30.2 Å². The summed E-state index contributed by atoms with van der Waals surface area (Å²) in [5.74, 6) is -0.781. The Bertz CT molecular complexity index is 1310. The first-order valence-corrected chi connectivity index (χ1v) is 12.2. The molecule has 0 saturated carbocycles. The van der Waals surface area contributed by atoms with Crippen LogP contribution in [0.5, 0.6) is 0 Å². The van der Waals surface area contributed by atoms with Gasteiger partial charge in [0.25, 0.3) is 0 Å². The number of sulfonamides is 1. The third-order valence-corrected chi connectivity index (χ3v) is 7.95. The number of fused-ring (bicyclic) bond motifs is 1. The van der Waals surface area contributed by atoms with E-state index in [2.05, 4.69) is 0 Å². The minimum Gasteiger partial charge on any atom is -0.408 e. The summed E-state index contributed by atoms with van der Waals surface area (Å²) in [5, 5.41) is 0.587. The average molecular weight is 478 g/mol. The van der Waals surface area contributed by atoms with Crippen molar-refractivity contribution >= 4 is 38.6 Å². The van der Waals surface area contributed by atoms with Crippen LogP contribution in [0.2, 0.25) is 5.02 Å². The summed E-state index contributed by atoms with van der Waals surface area (Å²) >= 11 is 6.16. The molecule has 1 aliphatic heterocycles. The first kappa shape index (κ1) is 22.6. The van der Waals surface area contributed by atoms with Crippen molar-refractivity contribution in [2.75, 3.05) is 20.1 Å². The number of benzene rings is 2. The third-order valence-electron chi connectivity index (χ3n) is 5.68. The lowest BCUT2D eigenvalue weighted by Gasteiger charge is -2.18. The monoisotopic (exact) mass is 477 g/mol. The molecule has 4 rings (SSSR count). The zero-order valence-electron chi connectivity index (χ0n) is 17.7. The van der Waals surface area contributed by atoms with Crippen LogP contribution in [-0.4, -0.2) is 48.2 Å². The lowest BCUT2D eigenvalue weighted by Crippen LogP contribution is -2.28. The molecule has 1 aromatic heterocycles. The van der Waals surface area contributed by atoms with E-state index in [-0.39, 0.29) is 29.4 Å². The van der Waals surface area contributed by atoms with E-state index in [1.54, 1.807) is 24.1 Å². The standard InChI is InChI=1S/C22H24ClN3O5S/c1-24(15-16-6-2-3-7-18(16)23)21(27)10-13-26-19-9-8-17(14-20(19)31-22(26)28)32(29,30)25-11-4-5-12-25/h2-3,6-9,14H,4-5,10-13,15H2,1H3. The molecule has 0 bridgehead atoms. The van der Waals surface area contributed by atoms with Gasteiger partial charge in [0, 0.05) is 50.7 Å². The largest absolute Gasteiger partial charge is 0.419 e. The van der Waals surface area contributed by atoms with Crippen LogP contribution >= 0.6 is 11.6 Å². The van der Waals surface area contributed by atoms with E-state index in [4.69, 9.17) is 16.0 Å². The van der Waals surface area contributed by atoms with Crippen LogP contribution < -0.4 is 5.76 Å². The van der Waals surface area contributed by atoms with Crippen molar-refractivity contribution in [2.45, 2.75) is 37.2 Å². The minimum atomic E-state index is -3.61. The highest BCUT2D eigenvalue weighted by atomic mass is 35.5. The maximum absolute atomic E-state index is 12.8. The summed E-state index contributed by atoms with van der Waals surface area (Å²) in [6.07, 6.45) is 1.76. The molecule has 0 radical (unpaired) electrons. The van der Waals surface area contributed by atoms with E-state index in [1.807, 2.05) is 18.2 Å². The molecule has 0 N–H and O–H groups in total. The zero-order chi connectivity index (χ0) is 22.9. The molecule has 32 heavy (non-hydrogen) atoms. The average Bonchev–Trinajstić information content (AvgIpc) is 3.41. The highest BCUT2D eigenvalue weighted by molar-refractivity contribution is 7.89. The fourth-order valence-electron chi connectivity index (χ4n) is 3.87. The fourth-order valence-corrected chi connectivity index (χ4v) is 5.59. The summed E-state index contributed by atoms with van der Waals surface area (Å²) in [5.41, 5.74) is 1.48.